The normalized spacial score (nSPS) is 10.6. The highest BCUT2D eigenvalue weighted by molar-refractivity contribution is 6.30. The van der Waals surface area contributed by atoms with E-state index in [0.29, 0.717) is 11.9 Å². The van der Waals surface area contributed by atoms with Gasteiger partial charge in [-0.2, -0.15) is 0 Å². The summed E-state index contributed by atoms with van der Waals surface area (Å²) in [6.07, 6.45) is 2.17. The number of nitrogens with one attached hydrogen (secondary N) is 1. The maximum Gasteiger partial charge on any atom is 0.224 e. The maximum atomic E-state index is 6.19. The second-order valence-corrected chi connectivity index (χ2v) is 6.81. The lowest BCUT2D eigenvalue weighted by atomic mass is 10.1. The molecule has 1 aromatic heterocycles. The van der Waals surface area contributed by atoms with Gasteiger partial charge in [0.05, 0.1) is 0 Å². The minimum Gasteiger partial charge on any atom is -0.438 e. The molecule has 1 aromatic carbocycles. The third-order valence-electron chi connectivity index (χ3n) is 4.32. The number of nitrogens with zero attached hydrogens (tertiary/aromatic N) is 1. The van der Waals surface area contributed by atoms with Gasteiger partial charge >= 0.3 is 0 Å². The van der Waals surface area contributed by atoms with Gasteiger partial charge in [0.25, 0.3) is 0 Å². The van der Waals surface area contributed by atoms with Crippen molar-refractivity contribution >= 4 is 29.7 Å². The molecule has 0 bridgehead atoms. The Morgan fingerprint density at radius 3 is 2.12 bits per heavy atom. The van der Waals surface area contributed by atoms with Crippen LogP contribution in [0.25, 0.3) is 0 Å². The zero-order valence-corrected chi connectivity index (χ0v) is 17.4. The molecule has 5 heteroatoms. The number of rotatable bonds is 6. The van der Waals surface area contributed by atoms with Gasteiger partial charge in [0.1, 0.15) is 5.75 Å². The fourth-order valence-electron chi connectivity index (χ4n) is 2.83. The topological polar surface area (TPSA) is 34.2 Å². The summed E-state index contributed by atoms with van der Waals surface area (Å²) < 4.78 is 6.19. The SMILES string of the molecule is CCC(CC)Nc1cc(C)nc(Oc2c(C)cc(Cl)cc2C)c1C.Cl. The lowest BCUT2D eigenvalue weighted by Crippen LogP contribution is -2.18. The number of pyridine rings is 1. The zero-order valence-electron chi connectivity index (χ0n) is 15.9. The molecule has 2 aromatic rings. The van der Waals surface area contributed by atoms with E-state index in [-0.39, 0.29) is 12.4 Å². The summed E-state index contributed by atoms with van der Waals surface area (Å²) in [7, 11) is 0. The fraction of sp³-hybridized carbons (Fsp3) is 0.450. The Balaban J connectivity index is 0.00000312. The van der Waals surface area contributed by atoms with Crippen LogP contribution in [0, 0.1) is 27.7 Å². The highest BCUT2D eigenvalue weighted by Crippen LogP contribution is 2.34. The molecular formula is C20H28Cl2N2O. The van der Waals surface area contributed by atoms with Crippen LogP contribution in [0.5, 0.6) is 11.6 Å². The smallest absolute Gasteiger partial charge is 0.224 e. The third-order valence-corrected chi connectivity index (χ3v) is 4.54. The van der Waals surface area contributed by atoms with E-state index >= 15 is 0 Å². The van der Waals surface area contributed by atoms with Crippen LogP contribution in [0.1, 0.15) is 49.1 Å². The number of aryl methyl sites for hydroxylation is 3. The van der Waals surface area contributed by atoms with E-state index in [4.69, 9.17) is 16.3 Å². The van der Waals surface area contributed by atoms with Crippen molar-refractivity contribution in [2.24, 2.45) is 0 Å². The van der Waals surface area contributed by atoms with Gasteiger partial charge in [-0.1, -0.05) is 25.4 Å². The molecule has 0 radical (unpaired) electrons. The molecule has 0 unspecified atom stereocenters. The first-order valence-corrected chi connectivity index (χ1v) is 8.92. The minimum atomic E-state index is 0. The van der Waals surface area contributed by atoms with E-state index in [1.807, 2.05) is 39.8 Å². The number of benzene rings is 1. The second kappa shape index (κ2) is 9.30. The summed E-state index contributed by atoms with van der Waals surface area (Å²) >= 11 is 6.11. The molecule has 3 nitrogen and oxygen atoms in total. The Labute approximate surface area is 162 Å². The van der Waals surface area contributed by atoms with Crippen LogP contribution in [0.2, 0.25) is 5.02 Å². The van der Waals surface area contributed by atoms with Crippen LogP contribution in [0.4, 0.5) is 5.69 Å². The fourth-order valence-corrected chi connectivity index (χ4v) is 3.15. The predicted octanol–water partition coefficient (Wildman–Crippen LogP) is 6.78. The van der Waals surface area contributed by atoms with Crippen molar-refractivity contribution < 1.29 is 4.74 Å². The van der Waals surface area contributed by atoms with Gasteiger partial charge in [0.15, 0.2) is 0 Å². The Bertz CT molecular complexity index is 705. The molecule has 1 heterocycles. The first-order valence-electron chi connectivity index (χ1n) is 8.55. The number of halogens is 2. The van der Waals surface area contributed by atoms with Crippen LogP contribution < -0.4 is 10.1 Å². The Hall–Kier alpha value is -1.45. The average Bonchev–Trinajstić information content (AvgIpc) is 2.52. The summed E-state index contributed by atoms with van der Waals surface area (Å²) in [6, 6.07) is 6.37. The number of hydrogen-bond donors (Lipinski definition) is 1. The van der Waals surface area contributed by atoms with Gasteiger partial charge in [0.2, 0.25) is 5.88 Å². The third kappa shape index (κ3) is 5.26. The van der Waals surface area contributed by atoms with Gasteiger partial charge < -0.3 is 10.1 Å². The van der Waals surface area contributed by atoms with Gasteiger partial charge in [-0.3, -0.25) is 0 Å². The lowest BCUT2D eigenvalue weighted by molar-refractivity contribution is 0.451. The van der Waals surface area contributed by atoms with Crippen molar-refractivity contribution in [3.63, 3.8) is 0 Å². The summed E-state index contributed by atoms with van der Waals surface area (Å²) in [4.78, 5) is 4.60. The zero-order chi connectivity index (χ0) is 17.9. The second-order valence-electron chi connectivity index (χ2n) is 6.37. The largest absolute Gasteiger partial charge is 0.438 e. The van der Waals surface area contributed by atoms with E-state index < -0.39 is 0 Å². The Morgan fingerprint density at radius 1 is 1.04 bits per heavy atom. The number of hydrogen-bond acceptors (Lipinski definition) is 3. The van der Waals surface area contributed by atoms with Crippen LogP contribution in [-0.4, -0.2) is 11.0 Å². The van der Waals surface area contributed by atoms with E-state index in [9.17, 15) is 0 Å². The quantitative estimate of drug-likeness (QED) is 0.597. The van der Waals surface area contributed by atoms with Crippen LogP contribution in [0.15, 0.2) is 18.2 Å². The monoisotopic (exact) mass is 382 g/mol. The maximum absolute atomic E-state index is 6.19. The molecular weight excluding hydrogens is 355 g/mol. The highest BCUT2D eigenvalue weighted by Gasteiger charge is 2.15. The standard InChI is InChI=1S/C20H27ClN2O.ClH/c1-7-17(8-2)23-18-11-14(5)22-20(15(18)6)24-19-12(3)9-16(21)10-13(19)4;/h9-11,17H,7-8H2,1-6H3,(H,22,23);1H. The number of anilines is 1. The molecule has 25 heavy (non-hydrogen) atoms. The van der Waals surface area contributed by atoms with Gasteiger partial charge in [-0.25, -0.2) is 4.98 Å². The van der Waals surface area contributed by atoms with Crippen molar-refractivity contribution in [1.82, 2.24) is 4.98 Å². The Kier molecular flexibility index (Phi) is 8.04. The Morgan fingerprint density at radius 2 is 1.60 bits per heavy atom. The van der Waals surface area contributed by atoms with Crippen molar-refractivity contribution in [3.05, 3.63) is 45.6 Å². The lowest BCUT2D eigenvalue weighted by Gasteiger charge is -2.20. The highest BCUT2D eigenvalue weighted by atomic mass is 35.5. The summed E-state index contributed by atoms with van der Waals surface area (Å²) in [6.45, 7) is 12.4. The molecule has 0 aliphatic heterocycles. The average molecular weight is 383 g/mol. The first-order chi connectivity index (χ1) is 11.3. The van der Waals surface area contributed by atoms with Gasteiger partial charge in [0, 0.05) is 28.0 Å². The van der Waals surface area contributed by atoms with Crippen molar-refractivity contribution in [2.75, 3.05) is 5.32 Å². The number of aromatic nitrogens is 1. The van der Waals surface area contributed by atoms with Crippen molar-refractivity contribution in [1.29, 1.82) is 0 Å². The van der Waals surface area contributed by atoms with Crippen molar-refractivity contribution in [3.8, 4) is 11.6 Å². The molecule has 0 atom stereocenters. The molecule has 1 N–H and O–H groups in total. The molecule has 0 saturated carbocycles. The van der Waals surface area contributed by atoms with Gasteiger partial charge in [-0.15, -0.1) is 12.4 Å². The molecule has 0 amide bonds. The summed E-state index contributed by atoms with van der Waals surface area (Å²) in [5.41, 5.74) is 5.08. The molecule has 0 aliphatic carbocycles. The molecule has 2 rings (SSSR count). The van der Waals surface area contributed by atoms with E-state index in [0.717, 1.165) is 51.7 Å². The van der Waals surface area contributed by atoms with Crippen LogP contribution >= 0.6 is 24.0 Å². The van der Waals surface area contributed by atoms with Gasteiger partial charge in [-0.05, 0) is 69.9 Å². The van der Waals surface area contributed by atoms with E-state index in [2.05, 4.69) is 30.2 Å². The molecule has 138 valence electrons. The summed E-state index contributed by atoms with van der Waals surface area (Å²) in [5, 5.41) is 4.34. The molecule has 0 fully saturated rings. The molecule has 0 aliphatic rings. The van der Waals surface area contributed by atoms with E-state index in [1.54, 1.807) is 0 Å². The summed E-state index contributed by atoms with van der Waals surface area (Å²) in [5.74, 6) is 1.48. The molecule has 0 saturated heterocycles. The molecule has 0 spiro atoms. The minimum absolute atomic E-state index is 0. The predicted molar refractivity (Wildman–Crippen MR) is 110 cm³/mol. The van der Waals surface area contributed by atoms with E-state index in [1.165, 1.54) is 0 Å². The van der Waals surface area contributed by atoms with Crippen molar-refractivity contribution in [2.45, 2.75) is 60.4 Å². The van der Waals surface area contributed by atoms with Crippen LogP contribution in [0.3, 0.4) is 0 Å². The number of ether oxygens (including phenoxy) is 1. The first kappa shape index (κ1) is 21.6. The van der Waals surface area contributed by atoms with Crippen LogP contribution in [-0.2, 0) is 0 Å².